The van der Waals surface area contributed by atoms with Crippen LogP contribution in [0.15, 0.2) is 48.5 Å². The quantitative estimate of drug-likeness (QED) is 0.736. The topological polar surface area (TPSA) is 59.0 Å². The summed E-state index contributed by atoms with van der Waals surface area (Å²) in [6, 6.07) is 15.5. The summed E-state index contributed by atoms with van der Waals surface area (Å²) in [5, 5.41) is 9.97. The Morgan fingerprint density at radius 1 is 1.00 bits per heavy atom. The molecule has 29 heavy (non-hydrogen) atoms. The summed E-state index contributed by atoms with van der Waals surface area (Å²) in [7, 11) is 1.15. The zero-order valence-corrected chi connectivity index (χ0v) is 18.2. The molecule has 1 N–H and O–H groups in total. The summed E-state index contributed by atoms with van der Waals surface area (Å²) in [5.41, 5.74) is 2.17. The zero-order chi connectivity index (χ0) is 21.4. The molecular weight excluding hydrogens is 389 g/mol. The van der Waals surface area contributed by atoms with Crippen molar-refractivity contribution in [3.8, 4) is 0 Å². The van der Waals surface area contributed by atoms with Crippen molar-refractivity contribution in [2.45, 2.75) is 44.8 Å². The van der Waals surface area contributed by atoms with E-state index in [4.69, 9.17) is 20.9 Å². The minimum atomic E-state index is -0.960. The lowest BCUT2D eigenvalue weighted by atomic mass is 9.78. The Labute approximate surface area is 177 Å². The van der Waals surface area contributed by atoms with Gasteiger partial charge in [-0.15, -0.1) is 0 Å². The summed E-state index contributed by atoms with van der Waals surface area (Å²) in [6.07, 6.45) is -0.960. The molecule has 1 unspecified atom stereocenters. The SMILES string of the molecule is CN(CC(c1ccc(Cl)cc1)c1ccc(B2OC(C)(C)C(C)(C)O2)cc1)C(=O)O. The second-order valence-electron chi connectivity index (χ2n) is 8.52. The van der Waals surface area contributed by atoms with Crippen LogP contribution >= 0.6 is 11.6 Å². The summed E-state index contributed by atoms with van der Waals surface area (Å²) < 4.78 is 12.2. The number of benzene rings is 2. The maximum atomic E-state index is 11.4. The van der Waals surface area contributed by atoms with Crippen LogP contribution in [0.2, 0.25) is 5.02 Å². The van der Waals surface area contributed by atoms with E-state index in [1.807, 2.05) is 76.2 Å². The monoisotopic (exact) mass is 415 g/mol. The third-order valence-corrected chi connectivity index (χ3v) is 6.17. The maximum absolute atomic E-state index is 11.4. The summed E-state index contributed by atoms with van der Waals surface area (Å²) in [4.78, 5) is 12.7. The van der Waals surface area contributed by atoms with Crippen LogP contribution < -0.4 is 5.46 Å². The van der Waals surface area contributed by atoms with E-state index in [0.29, 0.717) is 11.6 Å². The van der Waals surface area contributed by atoms with E-state index in [-0.39, 0.29) is 5.92 Å². The van der Waals surface area contributed by atoms with Crippen LogP contribution in [0.5, 0.6) is 0 Å². The van der Waals surface area contributed by atoms with E-state index < -0.39 is 24.4 Å². The maximum Gasteiger partial charge on any atom is 0.494 e. The number of likely N-dealkylation sites (N-methyl/N-ethyl adjacent to an activating group) is 1. The van der Waals surface area contributed by atoms with Gasteiger partial charge in [0.1, 0.15) is 0 Å². The van der Waals surface area contributed by atoms with Crippen molar-refractivity contribution in [3.05, 3.63) is 64.7 Å². The first-order valence-electron chi connectivity index (χ1n) is 9.65. The van der Waals surface area contributed by atoms with E-state index >= 15 is 0 Å². The van der Waals surface area contributed by atoms with Crippen molar-refractivity contribution >= 4 is 30.3 Å². The number of carbonyl (C=O) groups is 1. The minimum Gasteiger partial charge on any atom is -0.465 e. The average Bonchev–Trinajstić information content (AvgIpc) is 2.88. The fourth-order valence-electron chi connectivity index (χ4n) is 3.31. The molecule has 1 heterocycles. The fourth-order valence-corrected chi connectivity index (χ4v) is 3.44. The van der Waals surface area contributed by atoms with Gasteiger partial charge in [0.25, 0.3) is 0 Å². The molecule has 1 atom stereocenters. The van der Waals surface area contributed by atoms with Crippen molar-refractivity contribution in [3.63, 3.8) is 0 Å². The standard InChI is InChI=1S/C22H27BClNO4/c1-21(2)22(3,4)29-23(28-21)17-10-6-15(7-11-17)19(14-25(5)20(26)27)16-8-12-18(24)13-9-16/h6-13,19H,14H2,1-5H3,(H,26,27). The smallest absolute Gasteiger partial charge is 0.465 e. The average molecular weight is 416 g/mol. The lowest BCUT2D eigenvalue weighted by Gasteiger charge is -2.32. The van der Waals surface area contributed by atoms with Crippen LogP contribution in [0.3, 0.4) is 0 Å². The highest BCUT2D eigenvalue weighted by molar-refractivity contribution is 6.62. The Morgan fingerprint density at radius 2 is 1.45 bits per heavy atom. The first-order chi connectivity index (χ1) is 13.5. The molecule has 0 radical (unpaired) electrons. The van der Waals surface area contributed by atoms with Gasteiger partial charge in [-0.3, -0.25) is 0 Å². The molecule has 2 aromatic carbocycles. The fraction of sp³-hybridized carbons (Fsp3) is 0.409. The third-order valence-electron chi connectivity index (χ3n) is 5.92. The Balaban J connectivity index is 1.87. The third kappa shape index (κ3) is 4.60. The van der Waals surface area contributed by atoms with Crippen molar-refractivity contribution < 1.29 is 19.2 Å². The second kappa shape index (κ2) is 8.02. The number of hydrogen-bond donors (Lipinski definition) is 1. The molecule has 0 aromatic heterocycles. The van der Waals surface area contributed by atoms with Gasteiger partial charge in [-0.05, 0) is 56.4 Å². The molecule has 7 heteroatoms. The predicted octanol–water partition coefficient (Wildman–Crippen LogP) is 4.38. The number of halogens is 1. The molecule has 1 aliphatic heterocycles. The molecule has 154 valence electrons. The van der Waals surface area contributed by atoms with Gasteiger partial charge >= 0.3 is 13.2 Å². The molecular formula is C22H27BClNO4. The van der Waals surface area contributed by atoms with Gasteiger partial charge < -0.3 is 19.3 Å². The van der Waals surface area contributed by atoms with Gasteiger partial charge in [0.15, 0.2) is 0 Å². The van der Waals surface area contributed by atoms with Crippen LogP contribution in [-0.2, 0) is 9.31 Å². The molecule has 1 aliphatic rings. The molecule has 1 amide bonds. The lowest BCUT2D eigenvalue weighted by Crippen LogP contribution is -2.41. The normalized spacial score (nSPS) is 18.5. The van der Waals surface area contributed by atoms with Gasteiger partial charge in [0, 0.05) is 24.5 Å². The molecule has 2 aromatic rings. The summed E-state index contributed by atoms with van der Waals surface area (Å²) in [6.45, 7) is 8.45. The number of rotatable bonds is 5. The van der Waals surface area contributed by atoms with E-state index in [1.165, 1.54) is 4.90 Å². The molecule has 3 rings (SSSR count). The number of amides is 1. The van der Waals surface area contributed by atoms with Crippen LogP contribution in [0.1, 0.15) is 44.7 Å². The lowest BCUT2D eigenvalue weighted by molar-refractivity contribution is 0.00578. The largest absolute Gasteiger partial charge is 0.494 e. The highest BCUT2D eigenvalue weighted by Gasteiger charge is 2.51. The Hall–Kier alpha value is -2.02. The molecule has 0 saturated carbocycles. The zero-order valence-electron chi connectivity index (χ0n) is 17.5. The van der Waals surface area contributed by atoms with Crippen LogP contribution in [0.4, 0.5) is 4.79 Å². The minimum absolute atomic E-state index is 0.110. The first kappa shape index (κ1) is 21.7. The van der Waals surface area contributed by atoms with E-state index in [2.05, 4.69) is 0 Å². The highest BCUT2D eigenvalue weighted by Crippen LogP contribution is 2.36. The van der Waals surface area contributed by atoms with E-state index in [9.17, 15) is 9.90 Å². The van der Waals surface area contributed by atoms with Crippen molar-refractivity contribution in [2.24, 2.45) is 0 Å². The number of nitrogens with zero attached hydrogens (tertiary/aromatic N) is 1. The van der Waals surface area contributed by atoms with E-state index in [0.717, 1.165) is 16.6 Å². The van der Waals surface area contributed by atoms with Crippen LogP contribution in [-0.4, -0.2) is 48.0 Å². The Kier molecular flexibility index (Phi) is 5.99. The van der Waals surface area contributed by atoms with Crippen molar-refractivity contribution in [1.29, 1.82) is 0 Å². The number of hydrogen-bond acceptors (Lipinski definition) is 3. The summed E-state index contributed by atoms with van der Waals surface area (Å²) >= 11 is 6.03. The molecule has 0 spiro atoms. The van der Waals surface area contributed by atoms with Gasteiger partial charge in [-0.25, -0.2) is 4.79 Å². The first-order valence-corrected chi connectivity index (χ1v) is 10.0. The molecule has 1 saturated heterocycles. The predicted molar refractivity (Wildman–Crippen MR) is 116 cm³/mol. The molecule has 5 nitrogen and oxygen atoms in total. The van der Waals surface area contributed by atoms with Crippen LogP contribution in [0, 0.1) is 0 Å². The van der Waals surface area contributed by atoms with Gasteiger partial charge in [-0.2, -0.15) is 0 Å². The van der Waals surface area contributed by atoms with Gasteiger partial charge in [0.05, 0.1) is 11.2 Å². The van der Waals surface area contributed by atoms with Gasteiger partial charge in [-0.1, -0.05) is 48.0 Å². The summed E-state index contributed by atoms with van der Waals surface area (Å²) in [5.74, 6) is -0.110. The second-order valence-corrected chi connectivity index (χ2v) is 8.96. The Bertz CT molecular complexity index is 851. The van der Waals surface area contributed by atoms with Crippen molar-refractivity contribution in [1.82, 2.24) is 4.90 Å². The molecule has 0 aliphatic carbocycles. The van der Waals surface area contributed by atoms with Crippen LogP contribution in [0.25, 0.3) is 0 Å². The van der Waals surface area contributed by atoms with E-state index in [1.54, 1.807) is 7.05 Å². The number of carboxylic acid groups (broad SMARTS) is 1. The van der Waals surface area contributed by atoms with Crippen molar-refractivity contribution in [2.75, 3.05) is 13.6 Å². The Morgan fingerprint density at radius 3 is 1.90 bits per heavy atom. The van der Waals surface area contributed by atoms with Gasteiger partial charge in [0.2, 0.25) is 0 Å². The molecule has 0 bridgehead atoms. The molecule has 1 fully saturated rings. The highest BCUT2D eigenvalue weighted by atomic mass is 35.5.